The van der Waals surface area contributed by atoms with Gasteiger partial charge in [-0.05, 0) is 43.9 Å². The van der Waals surface area contributed by atoms with Crippen molar-refractivity contribution in [2.24, 2.45) is 11.8 Å². The molecule has 3 aliphatic rings. The van der Waals surface area contributed by atoms with E-state index < -0.39 is 0 Å². The minimum atomic E-state index is 0.0770. The molecule has 1 saturated carbocycles. The van der Waals surface area contributed by atoms with Crippen LogP contribution in [0.15, 0.2) is 24.3 Å². The Balaban J connectivity index is 1.25. The van der Waals surface area contributed by atoms with Gasteiger partial charge in [0.15, 0.2) is 0 Å². The molecule has 4 rings (SSSR count). The lowest BCUT2D eigenvalue weighted by atomic mass is 9.83. The molecule has 0 spiro atoms. The number of carbonyl (C=O) groups excluding carboxylic acids is 2. The fourth-order valence-corrected chi connectivity index (χ4v) is 4.56. The number of piperazine rings is 1. The number of halogens is 1. The Morgan fingerprint density at radius 2 is 1.41 bits per heavy atom. The molecular weight excluding hydrogens is 362 g/mol. The molecule has 1 aromatic carbocycles. The molecule has 2 heterocycles. The zero-order valence-electron chi connectivity index (χ0n) is 15.8. The zero-order chi connectivity index (χ0) is 18.8. The maximum Gasteiger partial charge on any atom is 0.225 e. The van der Waals surface area contributed by atoms with E-state index in [4.69, 9.17) is 11.6 Å². The van der Waals surface area contributed by atoms with Gasteiger partial charge in [0.25, 0.3) is 0 Å². The second kappa shape index (κ2) is 8.09. The molecule has 146 valence electrons. The summed E-state index contributed by atoms with van der Waals surface area (Å²) in [7, 11) is 0. The van der Waals surface area contributed by atoms with E-state index in [9.17, 15) is 9.59 Å². The number of benzene rings is 1. The van der Waals surface area contributed by atoms with Crippen LogP contribution >= 0.6 is 11.6 Å². The van der Waals surface area contributed by atoms with E-state index in [1.165, 1.54) is 6.42 Å². The lowest BCUT2D eigenvalue weighted by molar-refractivity contribution is -0.144. The van der Waals surface area contributed by atoms with Crippen LogP contribution in [0.4, 0.5) is 5.69 Å². The van der Waals surface area contributed by atoms with Gasteiger partial charge in [-0.25, -0.2) is 0 Å². The number of amides is 2. The molecule has 2 saturated heterocycles. The van der Waals surface area contributed by atoms with Crippen molar-refractivity contribution in [3.05, 3.63) is 29.3 Å². The van der Waals surface area contributed by atoms with Crippen LogP contribution in [0.5, 0.6) is 0 Å². The Labute approximate surface area is 166 Å². The third-order valence-electron chi connectivity index (χ3n) is 6.37. The maximum absolute atomic E-state index is 12.9. The first kappa shape index (κ1) is 18.6. The molecule has 5 nitrogen and oxygen atoms in total. The number of carbonyl (C=O) groups is 2. The van der Waals surface area contributed by atoms with E-state index in [0.717, 1.165) is 75.7 Å². The number of rotatable bonds is 3. The maximum atomic E-state index is 12.9. The van der Waals surface area contributed by atoms with Crippen LogP contribution in [0.2, 0.25) is 5.02 Å². The van der Waals surface area contributed by atoms with E-state index in [0.29, 0.717) is 5.91 Å². The normalized spacial score (nSPS) is 21.9. The number of hydrogen-bond donors (Lipinski definition) is 0. The lowest BCUT2D eigenvalue weighted by Crippen LogP contribution is -2.52. The summed E-state index contributed by atoms with van der Waals surface area (Å²) in [6, 6.07) is 7.90. The first-order valence-electron chi connectivity index (χ1n) is 10.2. The van der Waals surface area contributed by atoms with Crippen LogP contribution < -0.4 is 4.90 Å². The highest BCUT2D eigenvalue weighted by Crippen LogP contribution is 2.30. The van der Waals surface area contributed by atoms with Crippen LogP contribution in [-0.2, 0) is 9.59 Å². The van der Waals surface area contributed by atoms with Gasteiger partial charge in [0.05, 0.1) is 0 Å². The minimum absolute atomic E-state index is 0.0770. The van der Waals surface area contributed by atoms with Crippen molar-refractivity contribution in [3.63, 3.8) is 0 Å². The predicted octanol–water partition coefficient (Wildman–Crippen LogP) is 3.03. The van der Waals surface area contributed by atoms with Crippen molar-refractivity contribution in [3.8, 4) is 0 Å². The first-order valence-corrected chi connectivity index (χ1v) is 10.6. The summed E-state index contributed by atoms with van der Waals surface area (Å²) in [5.74, 6) is 0.934. The third kappa shape index (κ3) is 4.08. The van der Waals surface area contributed by atoms with Gasteiger partial charge in [-0.1, -0.05) is 24.1 Å². The number of likely N-dealkylation sites (tertiary alicyclic amines) is 1. The zero-order valence-corrected chi connectivity index (χ0v) is 16.5. The second-order valence-corrected chi connectivity index (χ2v) is 8.46. The molecule has 2 amide bonds. The van der Waals surface area contributed by atoms with Crippen molar-refractivity contribution in [2.75, 3.05) is 44.2 Å². The highest BCUT2D eigenvalue weighted by Gasteiger charge is 2.35. The van der Waals surface area contributed by atoms with Crippen LogP contribution in [0, 0.1) is 11.8 Å². The summed E-state index contributed by atoms with van der Waals surface area (Å²) in [5.41, 5.74) is 1.12. The van der Waals surface area contributed by atoms with E-state index in [-0.39, 0.29) is 17.7 Å². The summed E-state index contributed by atoms with van der Waals surface area (Å²) in [6.07, 6.45) is 4.91. The Morgan fingerprint density at radius 1 is 0.815 bits per heavy atom. The quantitative estimate of drug-likeness (QED) is 0.798. The minimum Gasteiger partial charge on any atom is -0.368 e. The van der Waals surface area contributed by atoms with Crippen LogP contribution in [-0.4, -0.2) is 60.9 Å². The van der Waals surface area contributed by atoms with Gasteiger partial charge in [-0.2, -0.15) is 0 Å². The smallest absolute Gasteiger partial charge is 0.225 e. The van der Waals surface area contributed by atoms with E-state index in [1.807, 2.05) is 28.0 Å². The SMILES string of the molecule is O=C(C1CCC1)N1CCC(C(=O)N2CCN(c3cccc(Cl)c3)CC2)CC1. The number of anilines is 1. The van der Waals surface area contributed by atoms with Crippen LogP contribution in [0.1, 0.15) is 32.1 Å². The molecule has 3 fully saturated rings. The first-order chi connectivity index (χ1) is 13.1. The molecular formula is C21H28ClN3O2. The number of piperidine rings is 1. The Morgan fingerprint density at radius 3 is 1.96 bits per heavy atom. The van der Waals surface area contributed by atoms with Gasteiger partial charge in [-0.15, -0.1) is 0 Å². The monoisotopic (exact) mass is 389 g/mol. The Bertz CT molecular complexity index is 690. The predicted molar refractivity (Wildman–Crippen MR) is 107 cm³/mol. The molecule has 27 heavy (non-hydrogen) atoms. The second-order valence-electron chi connectivity index (χ2n) is 8.02. The van der Waals surface area contributed by atoms with Gasteiger partial charge in [-0.3, -0.25) is 9.59 Å². The largest absolute Gasteiger partial charge is 0.368 e. The fraction of sp³-hybridized carbons (Fsp3) is 0.619. The molecule has 0 radical (unpaired) electrons. The third-order valence-corrected chi connectivity index (χ3v) is 6.61. The van der Waals surface area contributed by atoms with Gasteiger partial charge >= 0.3 is 0 Å². The lowest BCUT2D eigenvalue weighted by Gasteiger charge is -2.40. The Hall–Kier alpha value is -1.75. The van der Waals surface area contributed by atoms with Crippen LogP contribution in [0.25, 0.3) is 0 Å². The number of hydrogen-bond acceptors (Lipinski definition) is 3. The summed E-state index contributed by atoms with van der Waals surface area (Å²) in [6.45, 7) is 4.68. The molecule has 0 aromatic heterocycles. The topological polar surface area (TPSA) is 43.9 Å². The van der Waals surface area contributed by atoms with Gasteiger partial charge in [0.1, 0.15) is 0 Å². The average Bonchev–Trinajstić information content (AvgIpc) is 2.66. The van der Waals surface area contributed by atoms with Crippen molar-refractivity contribution in [2.45, 2.75) is 32.1 Å². The standard InChI is InChI=1S/C21H28ClN3O2/c22-18-5-2-6-19(15-18)23-11-13-25(14-12-23)21(27)17-7-9-24(10-8-17)20(26)16-3-1-4-16/h2,5-6,15-17H,1,3-4,7-14H2. The molecule has 0 bridgehead atoms. The summed E-state index contributed by atoms with van der Waals surface area (Å²) in [4.78, 5) is 31.6. The Kier molecular flexibility index (Phi) is 5.58. The van der Waals surface area contributed by atoms with Crippen molar-refractivity contribution < 1.29 is 9.59 Å². The van der Waals surface area contributed by atoms with E-state index in [1.54, 1.807) is 0 Å². The molecule has 0 atom stereocenters. The van der Waals surface area contributed by atoms with E-state index in [2.05, 4.69) is 11.0 Å². The number of nitrogens with zero attached hydrogens (tertiary/aromatic N) is 3. The molecule has 1 aliphatic carbocycles. The summed E-state index contributed by atoms with van der Waals surface area (Å²) in [5, 5.41) is 0.745. The summed E-state index contributed by atoms with van der Waals surface area (Å²) < 4.78 is 0. The van der Waals surface area contributed by atoms with Crippen molar-refractivity contribution in [1.29, 1.82) is 0 Å². The van der Waals surface area contributed by atoms with E-state index >= 15 is 0 Å². The molecule has 2 aliphatic heterocycles. The fourth-order valence-electron chi connectivity index (χ4n) is 4.38. The molecule has 1 aromatic rings. The van der Waals surface area contributed by atoms with Crippen LogP contribution in [0.3, 0.4) is 0 Å². The molecule has 0 N–H and O–H groups in total. The van der Waals surface area contributed by atoms with Gasteiger partial charge in [0, 0.05) is 61.8 Å². The van der Waals surface area contributed by atoms with Crippen molar-refractivity contribution in [1.82, 2.24) is 9.80 Å². The highest BCUT2D eigenvalue weighted by molar-refractivity contribution is 6.30. The van der Waals surface area contributed by atoms with Gasteiger partial charge < -0.3 is 14.7 Å². The average molecular weight is 390 g/mol. The van der Waals surface area contributed by atoms with Crippen molar-refractivity contribution >= 4 is 29.1 Å². The highest BCUT2D eigenvalue weighted by atomic mass is 35.5. The summed E-state index contributed by atoms with van der Waals surface area (Å²) >= 11 is 6.09. The van der Waals surface area contributed by atoms with Gasteiger partial charge in [0.2, 0.25) is 11.8 Å². The molecule has 6 heteroatoms. The molecule has 0 unspecified atom stereocenters.